The fraction of sp³-hybridized carbons (Fsp3) is 0.357. The molecule has 1 aliphatic rings. The van der Waals surface area contributed by atoms with Gasteiger partial charge in [0.1, 0.15) is 0 Å². The van der Waals surface area contributed by atoms with Gasteiger partial charge in [-0.15, -0.1) is 0 Å². The molecule has 0 aliphatic heterocycles. The second-order valence-corrected chi connectivity index (χ2v) is 9.04. The van der Waals surface area contributed by atoms with Crippen molar-refractivity contribution in [3.8, 4) is 11.1 Å². The van der Waals surface area contributed by atoms with Crippen molar-refractivity contribution in [2.45, 2.75) is 58.9 Å². The van der Waals surface area contributed by atoms with Gasteiger partial charge in [0.05, 0.1) is 5.56 Å². The predicted molar refractivity (Wildman–Crippen MR) is 128 cm³/mol. The van der Waals surface area contributed by atoms with Gasteiger partial charge in [0.25, 0.3) is 0 Å². The molecule has 4 rings (SSSR count). The van der Waals surface area contributed by atoms with Crippen LogP contribution in [0.2, 0.25) is 0 Å². The van der Waals surface area contributed by atoms with Crippen LogP contribution in [0.15, 0.2) is 59.5 Å². The highest BCUT2D eigenvalue weighted by Crippen LogP contribution is 2.27. The molecule has 4 nitrogen and oxygen atoms in total. The first-order chi connectivity index (χ1) is 15.5. The number of carboxylic acid groups (broad SMARTS) is 1. The highest BCUT2D eigenvalue weighted by atomic mass is 16.4. The van der Waals surface area contributed by atoms with Crippen molar-refractivity contribution in [3.63, 3.8) is 0 Å². The Morgan fingerprint density at radius 3 is 2.66 bits per heavy atom. The summed E-state index contributed by atoms with van der Waals surface area (Å²) in [7, 11) is 0. The fourth-order valence-corrected chi connectivity index (χ4v) is 4.78. The molecule has 1 heterocycles. The summed E-state index contributed by atoms with van der Waals surface area (Å²) in [5.41, 5.74) is 6.07. The van der Waals surface area contributed by atoms with Crippen LogP contribution in [0.3, 0.4) is 0 Å². The van der Waals surface area contributed by atoms with Gasteiger partial charge in [-0.2, -0.15) is 0 Å². The van der Waals surface area contributed by atoms with Gasteiger partial charge in [0.2, 0.25) is 0 Å². The monoisotopic (exact) mass is 429 g/mol. The third-order valence-corrected chi connectivity index (χ3v) is 6.55. The van der Waals surface area contributed by atoms with Crippen LogP contribution in [0, 0.1) is 5.92 Å². The Bertz CT molecular complexity index is 1180. The third kappa shape index (κ3) is 4.55. The lowest BCUT2D eigenvalue weighted by atomic mass is 9.86. The average Bonchev–Trinajstić information content (AvgIpc) is 2.80. The molecule has 0 fully saturated rings. The summed E-state index contributed by atoms with van der Waals surface area (Å²) < 4.78 is 2.21. The van der Waals surface area contributed by atoms with Gasteiger partial charge in [0.15, 0.2) is 5.43 Å². The maximum Gasteiger partial charge on any atom is 0.336 e. The minimum absolute atomic E-state index is 0.224. The second-order valence-electron chi connectivity index (χ2n) is 9.04. The van der Waals surface area contributed by atoms with Crippen LogP contribution in [-0.2, 0) is 25.8 Å². The standard InChI is InChI=1S/C28H31NO3/c1-3-4-8-22-18-29(26-14-11-19(2)15-25(26)27(22)30)17-20-12-13-23(24(16-20)28(31)32)21-9-6-5-7-10-21/h5-7,9-10,12-13,16,18-19H,3-4,8,11,14-15,17H2,1-2H3,(H,31,32). The number of carbonyl (C=O) groups is 1. The first-order valence-corrected chi connectivity index (χ1v) is 11.6. The molecule has 3 aromatic rings. The van der Waals surface area contributed by atoms with E-state index in [1.54, 1.807) is 6.07 Å². The van der Waals surface area contributed by atoms with E-state index in [0.717, 1.165) is 72.0 Å². The summed E-state index contributed by atoms with van der Waals surface area (Å²) >= 11 is 0. The van der Waals surface area contributed by atoms with Gasteiger partial charge in [-0.3, -0.25) is 4.79 Å². The van der Waals surface area contributed by atoms with Gasteiger partial charge in [-0.25, -0.2) is 4.79 Å². The van der Waals surface area contributed by atoms with Crippen LogP contribution in [0.5, 0.6) is 0 Å². The molecule has 0 bridgehead atoms. The van der Waals surface area contributed by atoms with Gasteiger partial charge in [0, 0.05) is 29.6 Å². The maximum atomic E-state index is 13.1. The molecule has 1 N–H and O–H groups in total. The number of aryl methyl sites for hydroxylation is 1. The van der Waals surface area contributed by atoms with E-state index in [9.17, 15) is 14.7 Å². The summed E-state index contributed by atoms with van der Waals surface area (Å²) in [6.45, 7) is 4.93. The molecule has 0 radical (unpaired) electrons. The Hall–Kier alpha value is -3.14. The summed E-state index contributed by atoms with van der Waals surface area (Å²) in [5, 5.41) is 9.87. The Kier molecular flexibility index (Phi) is 6.59. The lowest BCUT2D eigenvalue weighted by Crippen LogP contribution is -2.28. The smallest absolute Gasteiger partial charge is 0.336 e. The Morgan fingerprint density at radius 1 is 1.16 bits per heavy atom. The molecule has 0 saturated carbocycles. The molecule has 1 unspecified atom stereocenters. The lowest BCUT2D eigenvalue weighted by Gasteiger charge is -2.26. The van der Waals surface area contributed by atoms with Gasteiger partial charge >= 0.3 is 5.97 Å². The summed E-state index contributed by atoms with van der Waals surface area (Å²) in [6.07, 6.45) is 7.68. The zero-order valence-corrected chi connectivity index (χ0v) is 18.9. The molecule has 4 heteroatoms. The molecule has 166 valence electrons. The van der Waals surface area contributed by atoms with Crippen LogP contribution in [0.25, 0.3) is 11.1 Å². The highest BCUT2D eigenvalue weighted by Gasteiger charge is 2.23. The molecule has 32 heavy (non-hydrogen) atoms. The quantitative estimate of drug-likeness (QED) is 0.522. The van der Waals surface area contributed by atoms with E-state index in [1.165, 1.54) is 0 Å². The Morgan fingerprint density at radius 2 is 1.94 bits per heavy atom. The second kappa shape index (κ2) is 9.56. The van der Waals surface area contributed by atoms with Gasteiger partial charge < -0.3 is 9.67 Å². The lowest BCUT2D eigenvalue weighted by molar-refractivity contribution is 0.0697. The van der Waals surface area contributed by atoms with E-state index in [0.29, 0.717) is 18.0 Å². The van der Waals surface area contributed by atoms with Crippen molar-refractivity contribution in [2.75, 3.05) is 0 Å². The van der Waals surface area contributed by atoms with E-state index in [4.69, 9.17) is 0 Å². The van der Waals surface area contributed by atoms with Crippen molar-refractivity contribution in [1.29, 1.82) is 0 Å². The first-order valence-electron chi connectivity index (χ1n) is 11.6. The summed E-state index contributed by atoms with van der Waals surface area (Å²) in [5.74, 6) is -0.404. The molecule has 1 aliphatic carbocycles. The normalized spacial score (nSPS) is 15.4. The molecule has 0 amide bonds. The van der Waals surface area contributed by atoms with E-state index in [1.807, 2.05) is 48.7 Å². The Labute approximate surface area is 189 Å². The average molecular weight is 430 g/mol. The van der Waals surface area contributed by atoms with Crippen molar-refractivity contribution < 1.29 is 9.90 Å². The fourth-order valence-electron chi connectivity index (χ4n) is 4.78. The molecule has 1 aromatic heterocycles. The van der Waals surface area contributed by atoms with Crippen LogP contribution < -0.4 is 5.43 Å². The molecule has 1 atom stereocenters. The van der Waals surface area contributed by atoms with Crippen LogP contribution in [-0.4, -0.2) is 15.6 Å². The molecule has 2 aromatic carbocycles. The molecule has 0 saturated heterocycles. The van der Waals surface area contributed by atoms with Crippen molar-refractivity contribution in [3.05, 3.63) is 92.9 Å². The van der Waals surface area contributed by atoms with Crippen molar-refractivity contribution in [1.82, 2.24) is 4.57 Å². The summed E-state index contributed by atoms with van der Waals surface area (Å²) in [4.78, 5) is 25.2. The number of unbranched alkanes of at least 4 members (excludes halogenated alkanes) is 1. The van der Waals surface area contributed by atoms with Crippen LogP contribution in [0.4, 0.5) is 0 Å². The Balaban J connectivity index is 1.75. The number of rotatable bonds is 7. The predicted octanol–water partition coefficient (Wildman–Crippen LogP) is 5.73. The zero-order chi connectivity index (χ0) is 22.7. The van der Waals surface area contributed by atoms with E-state index in [2.05, 4.69) is 18.4 Å². The number of nitrogens with zero attached hydrogens (tertiary/aromatic N) is 1. The van der Waals surface area contributed by atoms with Gasteiger partial charge in [-0.1, -0.05) is 62.7 Å². The van der Waals surface area contributed by atoms with Crippen molar-refractivity contribution >= 4 is 5.97 Å². The largest absolute Gasteiger partial charge is 0.478 e. The molecule has 0 spiro atoms. The topological polar surface area (TPSA) is 59.3 Å². The van der Waals surface area contributed by atoms with E-state index >= 15 is 0 Å². The van der Waals surface area contributed by atoms with Crippen LogP contribution in [0.1, 0.15) is 65.9 Å². The number of hydrogen-bond donors (Lipinski definition) is 1. The molecular weight excluding hydrogens is 398 g/mol. The number of fused-ring (bicyclic) bond motifs is 1. The highest BCUT2D eigenvalue weighted by molar-refractivity contribution is 5.96. The van der Waals surface area contributed by atoms with Crippen molar-refractivity contribution in [2.24, 2.45) is 5.92 Å². The van der Waals surface area contributed by atoms with Crippen LogP contribution >= 0.6 is 0 Å². The SMILES string of the molecule is CCCCc1cn(Cc2ccc(-c3ccccc3)c(C(=O)O)c2)c2c(c1=O)CC(C)CC2. The first kappa shape index (κ1) is 22.1. The summed E-state index contributed by atoms with van der Waals surface area (Å²) in [6, 6.07) is 15.3. The number of pyridine rings is 1. The maximum absolute atomic E-state index is 13.1. The number of benzene rings is 2. The molecular formula is C28H31NO3. The van der Waals surface area contributed by atoms with Gasteiger partial charge in [-0.05, 0) is 60.8 Å². The minimum Gasteiger partial charge on any atom is -0.478 e. The third-order valence-electron chi connectivity index (χ3n) is 6.55. The van der Waals surface area contributed by atoms with E-state index < -0.39 is 5.97 Å². The number of aromatic carboxylic acids is 1. The minimum atomic E-state index is -0.926. The number of hydrogen-bond acceptors (Lipinski definition) is 2. The zero-order valence-electron chi connectivity index (χ0n) is 18.9. The number of carboxylic acids is 1. The van der Waals surface area contributed by atoms with E-state index in [-0.39, 0.29) is 5.43 Å². The number of aromatic nitrogens is 1.